The predicted molar refractivity (Wildman–Crippen MR) is 99.9 cm³/mol. The fourth-order valence-corrected chi connectivity index (χ4v) is 3.28. The fourth-order valence-electron chi connectivity index (χ4n) is 3.28. The lowest BCUT2D eigenvalue weighted by Gasteiger charge is -2.17. The van der Waals surface area contributed by atoms with Gasteiger partial charge in [-0.05, 0) is 42.8 Å². The van der Waals surface area contributed by atoms with Crippen LogP contribution in [0.5, 0.6) is 0 Å². The maximum absolute atomic E-state index is 14.3. The normalized spacial score (nSPS) is 12.6. The maximum atomic E-state index is 14.3. The molecule has 4 rings (SSSR count). The molecule has 3 aromatic rings. The van der Waals surface area contributed by atoms with Crippen molar-refractivity contribution in [2.45, 2.75) is 19.5 Å². The zero-order valence-electron chi connectivity index (χ0n) is 13.3. The number of halogens is 3. The van der Waals surface area contributed by atoms with E-state index in [-0.39, 0.29) is 30.6 Å². The molecule has 7 heteroatoms. The van der Waals surface area contributed by atoms with Crippen molar-refractivity contribution < 1.29 is 4.39 Å². The molecule has 0 saturated carbocycles. The Bertz CT molecular complexity index is 946. The van der Waals surface area contributed by atoms with Gasteiger partial charge >= 0.3 is 0 Å². The molecule has 1 aliphatic heterocycles. The van der Waals surface area contributed by atoms with Gasteiger partial charge in [0.25, 0.3) is 0 Å². The molecule has 0 bridgehead atoms. The molecule has 1 aliphatic rings. The smallest absolute Gasteiger partial charge is 0.140 e. The molecule has 0 saturated heterocycles. The first-order valence-corrected chi connectivity index (χ1v) is 7.62. The Hall–Kier alpha value is -2.13. The first-order valence-electron chi connectivity index (χ1n) is 7.62. The van der Waals surface area contributed by atoms with Gasteiger partial charge in [0.05, 0.1) is 18.2 Å². The first-order chi connectivity index (χ1) is 11.3. The number of hydrogen-bond acceptors (Lipinski definition) is 3. The average molecular weight is 379 g/mol. The third-order valence-corrected chi connectivity index (χ3v) is 4.40. The summed E-state index contributed by atoms with van der Waals surface area (Å²) in [6, 6.07) is 10.6. The van der Waals surface area contributed by atoms with E-state index in [0.29, 0.717) is 17.7 Å². The van der Waals surface area contributed by atoms with Crippen LogP contribution in [-0.4, -0.2) is 16.1 Å². The average Bonchev–Trinajstić information content (AvgIpc) is 2.91. The molecule has 0 spiro atoms. The van der Waals surface area contributed by atoms with E-state index in [9.17, 15) is 4.39 Å². The summed E-state index contributed by atoms with van der Waals surface area (Å²) in [4.78, 5) is 4.51. The van der Waals surface area contributed by atoms with Crippen LogP contribution in [0.2, 0.25) is 0 Å². The number of aromatic nitrogens is 2. The highest BCUT2D eigenvalue weighted by molar-refractivity contribution is 5.85. The standard InChI is InChI=1S/C18H15FN4.2ClH/c19-16-8-12(9-20)3-4-13(16)11-23-17-10-21-7-5-14(17)15-2-1-6-22-18(15)23;;/h1-4,6,8,21H,5,7,10-11H2;2*1H. The number of pyridine rings is 1. The SMILES string of the molecule is Cl.Cl.N#Cc1ccc(Cn2c3c(c4cccnc42)CCNC3)c(F)c1. The van der Waals surface area contributed by atoms with Crippen LogP contribution in [0.4, 0.5) is 4.39 Å². The van der Waals surface area contributed by atoms with Gasteiger partial charge in [-0.25, -0.2) is 9.37 Å². The summed E-state index contributed by atoms with van der Waals surface area (Å²) in [6.07, 6.45) is 2.73. The molecule has 1 aromatic carbocycles. The molecule has 0 atom stereocenters. The Morgan fingerprint density at radius 3 is 2.88 bits per heavy atom. The summed E-state index contributed by atoms with van der Waals surface area (Å²) in [5.41, 5.74) is 4.28. The van der Waals surface area contributed by atoms with Crippen LogP contribution in [0.25, 0.3) is 11.0 Å². The lowest BCUT2D eigenvalue weighted by molar-refractivity contribution is 0.577. The lowest BCUT2D eigenvalue weighted by Crippen LogP contribution is -2.25. The molecule has 0 radical (unpaired) electrons. The van der Waals surface area contributed by atoms with E-state index < -0.39 is 0 Å². The number of benzene rings is 1. The molecule has 130 valence electrons. The minimum Gasteiger partial charge on any atom is -0.324 e. The molecule has 3 heterocycles. The van der Waals surface area contributed by atoms with Crippen LogP contribution in [-0.2, 0) is 19.5 Å². The molecule has 4 nitrogen and oxygen atoms in total. The third kappa shape index (κ3) is 3.34. The Balaban J connectivity index is 0.00000113. The van der Waals surface area contributed by atoms with Gasteiger partial charge in [-0.1, -0.05) is 6.07 Å². The van der Waals surface area contributed by atoms with Gasteiger partial charge in [-0.2, -0.15) is 5.26 Å². The molecule has 0 amide bonds. The van der Waals surface area contributed by atoms with E-state index in [4.69, 9.17) is 5.26 Å². The van der Waals surface area contributed by atoms with Gasteiger partial charge < -0.3 is 9.88 Å². The number of nitrogens with zero attached hydrogens (tertiary/aromatic N) is 3. The third-order valence-electron chi connectivity index (χ3n) is 4.40. The summed E-state index contributed by atoms with van der Waals surface area (Å²) in [5.74, 6) is -0.348. The summed E-state index contributed by atoms with van der Waals surface area (Å²) in [5, 5.41) is 13.4. The molecule has 0 aliphatic carbocycles. The number of rotatable bonds is 2. The monoisotopic (exact) mass is 378 g/mol. The van der Waals surface area contributed by atoms with Crippen LogP contribution in [0.3, 0.4) is 0 Å². The minimum absolute atomic E-state index is 0. The number of nitrogens with one attached hydrogen (secondary N) is 1. The largest absolute Gasteiger partial charge is 0.324 e. The molecular formula is C18H17Cl2FN4. The van der Waals surface area contributed by atoms with Crippen LogP contribution in [0.1, 0.15) is 22.4 Å². The van der Waals surface area contributed by atoms with Crippen molar-refractivity contribution in [2.75, 3.05) is 6.54 Å². The van der Waals surface area contributed by atoms with Crippen molar-refractivity contribution in [1.82, 2.24) is 14.9 Å². The van der Waals surface area contributed by atoms with Crippen molar-refractivity contribution in [2.24, 2.45) is 0 Å². The van der Waals surface area contributed by atoms with E-state index in [1.54, 1.807) is 18.3 Å². The Morgan fingerprint density at radius 2 is 2.12 bits per heavy atom. The molecule has 2 aromatic heterocycles. The highest BCUT2D eigenvalue weighted by Crippen LogP contribution is 2.28. The molecule has 0 unspecified atom stereocenters. The van der Waals surface area contributed by atoms with Gasteiger partial charge in [-0.3, -0.25) is 0 Å². The van der Waals surface area contributed by atoms with Crippen LogP contribution in [0, 0.1) is 17.1 Å². The second-order valence-corrected chi connectivity index (χ2v) is 5.73. The topological polar surface area (TPSA) is 53.6 Å². The second kappa shape index (κ2) is 7.83. The van der Waals surface area contributed by atoms with E-state index in [1.165, 1.54) is 17.3 Å². The van der Waals surface area contributed by atoms with E-state index in [0.717, 1.165) is 30.5 Å². The Morgan fingerprint density at radius 1 is 1.28 bits per heavy atom. The van der Waals surface area contributed by atoms with E-state index in [1.807, 2.05) is 12.1 Å². The van der Waals surface area contributed by atoms with Crippen LogP contribution < -0.4 is 5.32 Å². The fraction of sp³-hybridized carbons (Fsp3) is 0.222. The zero-order chi connectivity index (χ0) is 15.8. The van der Waals surface area contributed by atoms with E-state index >= 15 is 0 Å². The molecule has 25 heavy (non-hydrogen) atoms. The summed E-state index contributed by atoms with van der Waals surface area (Å²) < 4.78 is 16.3. The van der Waals surface area contributed by atoms with Crippen molar-refractivity contribution in [3.8, 4) is 6.07 Å². The predicted octanol–water partition coefficient (Wildman–Crippen LogP) is 3.58. The van der Waals surface area contributed by atoms with Crippen molar-refractivity contribution >= 4 is 35.8 Å². The van der Waals surface area contributed by atoms with E-state index in [2.05, 4.69) is 20.9 Å². The number of nitriles is 1. The van der Waals surface area contributed by atoms with Gasteiger partial charge in [0, 0.05) is 29.4 Å². The lowest BCUT2D eigenvalue weighted by atomic mass is 10.1. The van der Waals surface area contributed by atoms with Crippen molar-refractivity contribution in [3.63, 3.8) is 0 Å². The van der Waals surface area contributed by atoms with Crippen LogP contribution >= 0.6 is 24.8 Å². The van der Waals surface area contributed by atoms with Crippen molar-refractivity contribution in [1.29, 1.82) is 5.26 Å². The van der Waals surface area contributed by atoms with Gasteiger partial charge in [0.1, 0.15) is 11.5 Å². The quantitative estimate of drug-likeness (QED) is 0.741. The van der Waals surface area contributed by atoms with Crippen LogP contribution in [0.15, 0.2) is 36.5 Å². The second-order valence-electron chi connectivity index (χ2n) is 5.73. The van der Waals surface area contributed by atoms with Gasteiger partial charge in [-0.15, -0.1) is 24.8 Å². The maximum Gasteiger partial charge on any atom is 0.140 e. The van der Waals surface area contributed by atoms with Gasteiger partial charge in [0.15, 0.2) is 0 Å². The first kappa shape index (κ1) is 19.2. The highest BCUT2D eigenvalue weighted by Gasteiger charge is 2.21. The highest BCUT2D eigenvalue weighted by atomic mass is 35.5. The summed E-state index contributed by atoms with van der Waals surface area (Å²) >= 11 is 0. The molecular weight excluding hydrogens is 362 g/mol. The zero-order valence-corrected chi connectivity index (χ0v) is 15.0. The Labute approximate surface area is 157 Å². The van der Waals surface area contributed by atoms with Crippen molar-refractivity contribution in [3.05, 3.63) is 64.7 Å². The number of hydrogen-bond donors (Lipinski definition) is 1. The summed E-state index contributed by atoms with van der Waals surface area (Å²) in [7, 11) is 0. The summed E-state index contributed by atoms with van der Waals surface area (Å²) in [6.45, 7) is 2.14. The molecule has 1 N–H and O–H groups in total. The number of fused-ring (bicyclic) bond motifs is 3. The molecule has 0 fully saturated rings. The Kier molecular flexibility index (Phi) is 6.02. The minimum atomic E-state index is -0.348. The van der Waals surface area contributed by atoms with Gasteiger partial charge in [0.2, 0.25) is 0 Å².